The fourth-order valence-electron chi connectivity index (χ4n) is 4.18. The summed E-state index contributed by atoms with van der Waals surface area (Å²) >= 11 is 0. The van der Waals surface area contributed by atoms with Gasteiger partial charge in [0.15, 0.2) is 0 Å². The first-order valence-electron chi connectivity index (χ1n) is 11.6. The second-order valence-electron chi connectivity index (χ2n) is 8.82. The lowest BCUT2D eigenvalue weighted by Gasteiger charge is -2.40. The van der Waals surface area contributed by atoms with Gasteiger partial charge < -0.3 is 36.2 Å². The molecule has 1 saturated heterocycles. The van der Waals surface area contributed by atoms with Crippen LogP contribution in [0.2, 0.25) is 0 Å². The first-order chi connectivity index (χ1) is 17.6. The van der Waals surface area contributed by atoms with E-state index in [1.807, 2.05) is 0 Å². The second kappa shape index (κ2) is 10.8. The Balaban J connectivity index is 1.45. The minimum absolute atomic E-state index is 0.151. The van der Waals surface area contributed by atoms with Gasteiger partial charge in [0, 0.05) is 31.9 Å². The number of aliphatic hydroxyl groups is 2. The van der Waals surface area contributed by atoms with Crippen LogP contribution in [0.25, 0.3) is 0 Å². The molecule has 0 aliphatic carbocycles. The van der Waals surface area contributed by atoms with E-state index in [4.69, 9.17) is 15.6 Å². The molecule has 4 atom stereocenters. The molecule has 0 spiro atoms. The van der Waals surface area contributed by atoms with E-state index in [1.165, 1.54) is 29.3 Å². The first kappa shape index (κ1) is 26.5. The Morgan fingerprint density at radius 2 is 2.16 bits per heavy atom. The van der Waals surface area contributed by atoms with Crippen LogP contribution in [0.3, 0.4) is 0 Å². The first-order valence-corrected chi connectivity index (χ1v) is 11.6. The van der Waals surface area contributed by atoms with Crippen LogP contribution < -0.4 is 26.4 Å². The molecule has 3 aliphatic heterocycles. The van der Waals surface area contributed by atoms with Crippen LogP contribution in [0, 0.1) is 0 Å². The number of rotatable bonds is 8. The number of carbonyl (C=O) groups excluding carboxylic acids is 2. The van der Waals surface area contributed by atoms with Crippen molar-refractivity contribution < 1.29 is 37.7 Å². The molecule has 3 aliphatic rings. The summed E-state index contributed by atoms with van der Waals surface area (Å²) in [4.78, 5) is 33.5. The molecule has 7 N–H and O–H groups in total. The van der Waals surface area contributed by atoms with Crippen molar-refractivity contribution in [1.29, 1.82) is 0 Å². The van der Waals surface area contributed by atoms with Gasteiger partial charge in [0.25, 0.3) is 0 Å². The Bertz CT molecular complexity index is 1080. The van der Waals surface area contributed by atoms with Gasteiger partial charge in [-0.2, -0.15) is 13.2 Å². The third-order valence-corrected chi connectivity index (χ3v) is 6.13. The highest BCUT2D eigenvalue weighted by Gasteiger charge is 2.43. The zero-order valence-electron chi connectivity index (χ0n) is 19.6. The zero-order chi connectivity index (χ0) is 26.7. The fourth-order valence-corrected chi connectivity index (χ4v) is 4.18. The van der Waals surface area contributed by atoms with Gasteiger partial charge in [-0.05, 0) is 18.6 Å². The summed E-state index contributed by atoms with van der Waals surface area (Å²) in [6.07, 6.45) is -0.440. The minimum Gasteiger partial charge on any atom is -0.491 e. The van der Waals surface area contributed by atoms with E-state index in [9.17, 15) is 27.9 Å². The molecule has 15 heteroatoms. The van der Waals surface area contributed by atoms with Crippen molar-refractivity contribution >= 4 is 17.8 Å². The average molecular weight is 528 g/mol. The molecule has 1 fully saturated rings. The highest BCUT2D eigenvalue weighted by atomic mass is 19.4. The smallest absolute Gasteiger partial charge is 0.405 e. The normalized spacial score (nSPS) is 22.2. The molecule has 202 valence electrons. The Labute approximate surface area is 209 Å². The molecule has 4 heterocycles. The molecule has 0 saturated carbocycles. The largest absolute Gasteiger partial charge is 0.491 e. The minimum atomic E-state index is -4.64. The monoisotopic (exact) mass is 527 g/mol. The van der Waals surface area contributed by atoms with Crippen molar-refractivity contribution in [2.45, 2.75) is 36.8 Å². The lowest BCUT2D eigenvalue weighted by atomic mass is 10.1. The molecule has 1 aromatic heterocycles. The molecule has 0 aromatic carbocycles. The lowest BCUT2D eigenvalue weighted by Crippen LogP contribution is -2.57. The number of dihydropyridines is 1. The van der Waals surface area contributed by atoms with Crippen LogP contribution >= 0.6 is 0 Å². The van der Waals surface area contributed by atoms with Crippen LogP contribution in [-0.2, 0) is 4.79 Å². The number of allylic oxidation sites excluding steroid dienone is 1. The number of hydrogen-bond donors (Lipinski definition) is 6. The standard InChI is InChI=1S/C22H28F3N7O5/c23-22(24,25)17(26)8-28-20(35)15-1-2-16-19(29-15)32(12-4-6-31(16)9-12)21(36)30-18-7-14(3-5-27-18)37-11-13(34)10-33/h1-3,5,7,12-13,15,17,29,33-34H,4,6,8-11,26H2,(H,28,35)(H,27,30,36)/t12-,13+,15?,17?/m0/s1. The maximum Gasteiger partial charge on any atom is 0.405 e. The molecule has 4 rings (SSSR count). The van der Waals surface area contributed by atoms with Crippen LogP contribution in [0.4, 0.5) is 23.8 Å². The van der Waals surface area contributed by atoms with Crippen LogP contribution in [0.5, 0.6) is 5.75 Å². The molecule has 2 unspecified atom stereocenters. The van der Waals surface area contributed by atoms with Crippen molar-refractivity contribution in [3.05, 3.63) is 42.0 Å². The number of fused-ring (bicyclic) bond motifs is 3. The third-order valence-electron chi connectivity index (χ3n) is 6.13. The number of halogens is 3. The SMILES string of the molecule is NC(CNC(=O)C1C=CC2=C(N1)N(C(=O)Nc1cc(OC[C@H](O)CO)ccn1)[C@H]1CCN2C1)C(F)(F)F. The van der Waals surface area contributed by atoms with E-state index in [2.05, 4.69) is 25.8 Å². The number of aromatic nitrogens is 1. The summed E-state index contributed by atoms with van der Waals surface area (Å²) in [6, 6.07) is -0.967. The topological polar surface area (TPSA) is 165 Å². The van der Waals surface area contributed by atoms with Crippen molar-refractivity contribution in [1.82, 2.24) is 25.4 Å². The molecule has 12 nitrogen and oxygen atoms in total. The summed E-state index contributed by atoms with van der Waals surface area (Å²) in [5.74, 6) is 0.126. The van der Waals surface area contributed by atoms with Crippen LogP contribution in [-0.4, -0.2) is 100 Å². The highest BCUT2D eigenvalue weighted by molar-refractivity contribution is 5.91. The maximum absolute atomic E-state index is 13.3. The number of urea groups is 1. The van der Waals surface area contributed by atoms with Crippen molar-refractivity contribution in [2.24, 2.45) is 5.73 Å². The Kier molecular flexibility index (Phi) is 7.75. The van der Waals surface area contributed by atoms with E-state index in [0.717, 1.165) is 0 Å². The Hall–Kier alpha value is -3.56. The second-order valence-corrected chi connectivity index (χ2v) is 8.82. The number of amides is 3. The van der Waals surface area contributed by atoms with Crippen molar-refractivity contribution in [2.75, 3.05) is 38.2 Å². The summed E-state index contributed by atoms with van der Waals surface area (Å²) < 4.78 is 43.5. The van der Waals surface area contributed by atoms with Crippen molar-refractivity contribution in [3.8, 4) is 5.75 Å². The average Bonchev–Trinajstić information content (AvgIpc) is 3.29. The number of nitrogens with zero attached hydrogens (tertiary/aromatic N) is 3. The zero-order valence-corrected chi connectivity index (χ0v) is 19.6. The van der Waals surface area contributed by atoms with Gasteiger partial charge in [-0.3, -0.25) is 15.0 Å². The number of nitrogens with one attached hydrogen (secondary N) is 3. The number of pyridine rings is 1. The van der Waals surface area contributed by atoms with Gasteiger partial charge in [0.2, 0.25) is 5.91 Å². The molecule has 2 bridgehead atoms. The number of carbonyl (C=O) groups is 2. The highest BCUT2D eigenvalue weighted by Crippen LogP contribution is 2.33. The number of anilines is 1. The molecule has 3 amide bonds. The van der Waals surface area contributed by atoms with E-state index >= 15 is 0 Å². The van der Waals surface area contributed by atoms with Gasteiger partial charge in [-0.25, -0.2) is 9.78 Å². The molecule has 0 radical (unpaired) electrons. The van der Waals surface area contributed by atoms with E-state index < -0.39 is 49.5 Å². The van der Waals surface area contributed by atoms with E-state index in [1.54, 1.807) is 6.08 Å². The number of aliphatic hydroxyl groups excluding tert-OH is 2. The summed E-state index contributed by atoms with van der Waals surface area (Å²) in [5.41, 5.74) is 5.76. The Morgan fingerprint density at radius 3 is 2.89 bits per heavy atom. The predicted octanol–water partition coefficient (Wildman–Crippen LogP) is -0.562. The van der Waals surface area contributed by atoms with Crippen molar-refractivity contribution in [3.63, 3.8) is 0 Å². The molecular formula is C22H28F3N7O5. The predicted molar refractivity (Wildman–Crippen MR) is 124 cm³/mol. The van der Waals surface area contributed by atoms with Gasteiger partial charge in [-0.1, -0.05) is 6.08 Å². The van der Waals surface area contributed by atoms with E-state index in [0.29, 0.717) is 36.8 Å². The quantitative estimate of drug-likeness (QED) is 0.260. The molecule has 1 aromatic rings. The Morgan fingerprint density at radius 1 is 1.38 bits per heavy atom. The van der Waals surface area contributed by atoms with Crippen LogP contribution in [0.1, 0.15) is 6.42 Å². The maximum atomic E-state index is 13.3. The lowest BCUT2D eigenvalue weighted by molar-refractivity contribution is -0.147. The van der Waals surface area contributed by atoms with E-state index in [-0.39, 0.29) is 18.5 Å². The number of alkyl halides is 3. The molecular weight excluding hydrogens is 499 g/mol. The number of nitrogens with two attached hydrogens (primary N) is 1. The van der Waals surface area contributed by atoms with Gasteiger partial charge >= 0.3 is 12.2 Å². The number of hydrogen-bond acceptors (Lipinski definition) is 9. The van der Waals surface area contributed by atoms with Crippen LogP contribution in [0.15, 0.2) is 42.0 Å². The summed E-state index contributed by atoms with van der Waals surface area (Å²) in [7, 11) is 0. The fraction of sp³-hybridized carbons (Fsp3) is 0.500. The number of ether oxygens (including phenoxy) is 1. The summed E-state index contributed by atoms with van der Waals surface area (Å²) in [5, 5.41) is 26.2. The van der Waals surface area contributed by atoms with Gasteiger partial charge in [0.1, 0.15) is 42.2 Å². The van der Waals surface area contributed by atoms with Gasteiger partial charge in [0.05, 0.1) is 18.3 Å². The summed E-state index contributed by atoms with van der Waals surface area (Å²) in [6.45, 7) is -0.133. The third kappa shape index (κ3) is 6.06. The van der Waals surface area contributed by atoms with Gasteiger partial charge in [-0.15, -0.1) is 0 Å². The molecule has 37 heavy (non-hydrogen) atoms.